The molecule has 1 aliphatic heterocycles. The minimum absolute atomic E-state index is 0.170. The first-order valence-corrected chi connectivity index (χ1v) is 10.6. The molecule has 28 heavy (non-hydrogen) atoms. The Bertz CT molecular complexity index is 682. The third-order valence-electron chi connectivity index (χ3n) is 5.26. The predicted octanol–water partition coefficient (Wildman–Crippen LogP) is 5.23. The van der Waals surface area contributed by atoms with Gasteiger partial charge < -0.3 is 10.2 Å². The molecule has 1 unspecified atom stereocenters. The minimum atomic E-state index is -0.528. The number of hydrogen-bond acceptors (Lipinski definition) is 2. The van der Waals surface area contributed by atoms with Crippen LogP contribution in [0.15, 0.2) is 60.7 Å². The molecule has 1 saturated heterocycles. The lowest BCUT2D eigenvalue weighted by Gasteiger charge is -2.35. The van der Waals surface area contributed by atoms with Crippen molar-refractivity contribution in [2.45, 2.75) is 58.9 Å². The standard InChI is InChI=1S/C21H26N2O.2C2H6/c1-21(2,17-12-8-5-9-13-17)20(24)23(3)19-15-22-14-18(19)16-10-6-4-7-11-16;2*1-2/h4-13,18-19,22H,14-15H2,1-3H3;2*1-2H3/t18-,19?;;/m0../s1. The van der Waals surface area contributed by atoms with Crippen LogP contribution >= 0.6 is 0 Å². The SMILES string of the molecule is CC.CC.CN(C(=O)C(C)(C)c1ccccc1)C1CNC[C@H]1c1ccccc1. The molecule has 0 bridgehead atoms. The van der Waals surface area contributed by atoms with E-state index in [9.17, 15) is 4.79 Å². The second-order valence-electron chi connectivity index (χ2n) is 7.15. The van der Waals surface area contributed by atoms with Crippen molar-refractivity contribution in [2.24, 2.45) is 0 Å². The molecule has 0 spiro atoms. The van der Waals surface area contributed by atoms with Crippen LogP contribution in [-0.2, 0) is 10.2 Å². The van der Waals surface area contributed by atoms with Gasteiger partial charge in [-0.3, -0.25) is 4.79 Å². The third kappa shape index (κ3) is 5.45. The zero-order chi connectivity index (χ0) is 21.2. The number of carbonyl (C=O) groups excluding carboxylic acids is 1. The molecule has 0 aliphatic carbocycles. The molecule has 3 heteroatoms. The van der Waals surface area contributed by atoms with Gasteiger partial charge in [0.25, 0.3) is 0 Å². The maximum absolute atomic E-state index is 13.2. The lowest BCUT2D eigenvalue weighted by molar-refractivity contribution is -0.137. The van der Waals surface area contributed by atoms with Gasteiger partial charge in [-0.25, -0.2) is 0 Å². The van der Waals surface area contributed by atoms with E-state index < -0.39 is 5.41 Å². The summed E-state index contributed by atoms with van der Waals surface area (Å²) in [7, 11) is 1.95. The molecule has 0 saturated carbocycles. The first kappa shape index (κ1) is 23.9. The molecule has 1 amide bonds. The Labute approximate surface area is 172 Å². The number of nitrogens with one attached hydrogen (secondary N) is 1. The molecule has 154 valence electrons. The van der Waals surface area contributed by atoms with Crippen LogP contribution in [0.5, 0.6) is 0 Å². The number of amides is 1. The Morgan fingerprint density at radius 1 is 0.893 bits per heavy atom. The summed E-state index contributed by atoms with van der Waals surface area (Å²) < 4.78 is 0. The Morgan fingerprint density at radius 2 is 1.39 bits per heavy atom. The summed E-state index contributed by atoms with van der Waals surface area (Å²) in [4.78, 5) is 15.2. The molecule has 2 aromatic rings. The van der Waals surface area contributed by atoms with E-state index in [0.717, 1.165) is 18.7 Å². The number of nitrogens with zero attached hydrogens (tertiary/aromatic N) is 1. The maximum atomic E-state index is 13.2. The topological polar surface area (TPSA) is 32.3 Å². The number of likely N-dealkylation sites (N-methyl/N-ethyl adjacent to an activating group) is 1. The lowest BCUT2D eigenvalue weighted by atomic mass is 9.82. The molecule has 1 heterocycles. The van der Waals surface area contributed by atoms with Crippen molar-refractivity contribution in [3.05, 3.63) is 71.8 Å². The van der Waals surface area contributed by atoms with Crippen molar-refractivity contribution in [3.63, 3.8) is 0 Å². The highest BCUT2D eigenvalue weighted by atomic mass is 16.2. The van der Waals surface area contributed by atoms with Crippen molar-refractivity contribution >= 4 is 5.91 Å². The third-order valence-corrected chi connectivity index (χ3v) is 5.26. The van der Waals surface area contributed by atoms with Crippen LogP contribution in [0.2, 0.25) is 0 Å². The van der Waals surface area contributed by atoms with Crippen LogP contribution in [0, 0.1) is 0 Å². The van der Waals surface area contributed by atoms with E-state index >= 15 is 0 Å². The molecule has 3 nitrogen and oxygen atoms in total. The quantitative estimate of drug-likeness (QED) is 0.785. The average molecular weight is 383 g/mol. The Balaban J connectivity index is 0.000000921. The van der Waals surface area contributed by atoms with Crippen LogP contribution in [0.4, 0.5) is 0 Å². The molecule has 3 rings (SSSR count). The fourth-order valence-corrected chi connectivity index (χ4v) is 3.68. The summed E-state index contributed by atoms with van der Waals surface area (Å²) in [5, 5.41) is 3.45. The van der Waals surface area contributed by atoms with E-state index in [4.69, 9.17) is 0 Å². The first-order valence-electron chi connectivity index (χ1n) is 10.6. The lowest BCUT2D eigenvalue weighted by Crippen LogP contribution is -2.48. The van der Waals surface area contributed by atoms with Gasteiger partial charge in [-0.15, -0.1) is 0 Å². The highest BCUT2D eigenvalue weighted by molar-refractivity contribution is 5.87. The highest BCUT2D eigenvalue weighted by Gasteiger charge is 2.39. The van der Waals surface area contributed by atoms with Gasteiger partial charge in [0.2, 0.25) is 5.91 Å². The Kier molecular flexibility index (Phi) is 9.95. The Hall–Kier alpha value is -2.13. The molecule has 1 N–H and O–H groups in total. The van der Waals surface area contributed by atoms with Crippen molar-refractivity contribution in [1.29, 1.82) is 0 Å². The monoisotopic (exact) mass is 382 g/mol. The van der Waals surface area contributed by atoms with E-state index in [1.807, 2.05) is 89.9 Å². The minimum Gasteiger partial charge on any atom is -0.340 e. The van der Waals surface area contributed by atoms with Gasteiger partial charge in [0, 0.05) is 26.1 Å². The molecule has 2 aromatic carbocycles. The fourth-order valence-electron chi connectivity index (χ4n) is 3.68. The first-order chi connectivity index (χ1) is 13.5. The average Bonchev–Trinajstić information content (AvgIpc) is 3.26. The maximum Gasteiger partial charge on any atom is 0.232 e. The molecule has 1 fully saturated rings. The van der Waals surface area contributed by atoms with Crippen LogP contribution in [-0.4, -0.2) is 37.0 Å². The van der Waals surface area contributed by atoms with E-state index in [-0.39, 0.29) is 11.9 Å². The van der Waals surface area contributed by atoms with Crippen molar-refractivity contribution < 1.29 is 4.79 Å². The summed E-state index contributed by atoms with van der Waals surface area (Å²) in [5.41, 5.74) is 1.83. The van der Waals surface area contributed by atoms with Crippen molar-refractivity contribution in [1.82, 2.24) is 10.2 Å². The fraction of sp³-hybridized carbons (Fsp3) is 0.480. The molecule has 0 aromatic heterocycles. The summed E-state index contributed by atoms with van der Waals surface area (Å²) in [5.74, 6) is 0.509. The van der Waals surface area contributed by atoms with Crippen molar-refractivity contribution in [3.8, 4) is 0 Å². The van der Waals surface area contributed by atoms with Crippen LogP contribution in [0.1, 0.15) is 58.6 Å². The summed E-state index contributed by atoms with van der Waals surface area (Å²) in [6.07, 6.45) is 0. The summed E-state index contributed by atoms with van der Waals surface area (Å²) in [6, 6.07) is 20.7. The van der Waals surface area contributed by atoms with Crippen molar-refractivity contribution in [2.75, 3.05) is 20.1 Å². The zero-order valence-electron chi connectivity index (χ0n) is 18.7. The largest absolute Gasteiger partial charge is 0.340 e. The van der Waals surface area contributed by atoms with Crippen LogP contribution in [0.25, 0.3) is 0 Å². The summed E-state index contributed by atoms with van der Waals surface area (Å²) in [6.45, 7) is 13.8. The normalized spacial score (nSPS) is 18.2. The van der Waals surface area contributed by atoms with E-state index in [2.05, 4.69) is 29.6 Å². The van der Waals surface area contributed by atoms with Gasteiger partial charge in [-0.1, -0.05) is 88.4 Å². The predicted molar refractivity (Wildman–Crippen MR) is 121 cm³/mol. The highest BCUT2D eigenvalue weighted by Crippen LogP contribution is 2.31. The van der Waals surface area contributed by atoms with Gasteiger partial charge in [0.05, 0.1) is 11.5 Å². The van der Waals surface area contributed by atoms with E-state index in [1.165, 1.54) is 5.56 Å². The van der Waals surface area contributed by atoms with Crippen LogP contribution < -0.4 is 5.32 Å². The molecule has 2 atom stereocenters. The number of benzene rings is 2. The van der Waals surface area contributed by atoms with Gasteiger partial charge in [-0.05, 0) is 25.0 Å². The summed E-state index contributed by atoms with van der Waals surface area (Å²) >= 11 is 0. The van der Waals surface area contributed by atoms with Gasteiger partial charge in [0.1, 0.15) is 0 Å². The number of hydrogen-bond donors (Lipinski definition) is 1. The van der Waals surface area contributed by atoms with Gasteiger partial charge in [-0.2, -0.15) is 0 Å². The number of rotatable bonds is 4. The Morgan fingerprint density at radius 3 is 1.93 bits per heavy atom. The molecule has 0 radical (unpaired) electrons. The zero-order valence-corrected chi connectivity index (χ0v) is 18.7. The smallest absolute Gasteiger partial charge is 0.232 e. The van der Waals surface area contributed by atoms with Crippen LogP contribution in [0.3, 0.4) is 0 Å². The molecular weight excluding hydrogens is 344 g/mol. The second-order valence-corrected chi connectivity index (χ2v) is 7.15. The van der Waals surface area contributed by atoms with E-state index in [0.29, 0.717) is 5.92 Å². The molecular formula is C25H38N2O. The number of carbonyl (C=O) groups is 1. The van der Waals surface area contributed by atoms with Gasteiger partial charge in [0.15, 0.2) is 0 Å². The second kappa shape index (κ2) is 11.7. The molecule has 1 aliphatic rings. The van der Waals surface area contributed by atoms with Gasteiger partial charge >= 0.3 is 0 Å². The van der Waals surface area contributed by atoms with E-state index in [1.54, 1.807) is 0 Å².